The summed E-state index contributed by atoms with van der Waals surface area (Å²) in [6.45, 7) is 5.44. The summed E-state index contributed by atoms with van der Waals surface area (Å²) in [6.07, 6.45) is 5.31. The third-order valence-electron chi connectivity index (χ3n) is 5.18. The predicted molar refractivity (Wildman–Crippen MR) is 86.1 cm³/mol. The minimum Gasteiger partial charge on any atom is -0.378 e. The monoisotopic (exact) mass is 337 g/mol. The maximum atomic E-state index is 5.93. The van der Waals surface area contributed by atoms with Crippen LogP contribution in [0.15, 0.2) is 28.7 Å². The van der Waals surface area contributed by atoms with E-state index >= 15 is 0 Å². The van der Waals surface area contributed by atoms with Crippen molar-refractivity contribution in [2.24, 2.45) is 5.41 Å². The molecule has 0 amide bonds. The van der Waals surface area contributed by atoms with E-state index in [0.717, 1.165) is 26.1 Å². The Bertz CT molecular complexity index is 460. The van der Waals surface area contributed by atoms with Crippen molar-refractivity contribution < 1.29 is 4.74 Å². The summed E-state index contributed by atoms with van der Waals surface area (Å²) in [5.41, 5.74) is 1.91. The fourth-order valence-electron chi connectivity index (χ4n) is 4.02. The van der Waals surface area contributed by atoms with Crippen LogP contribution < -0.4 is 5.32 Å². The average molecular weight is 338 g/mol. The zero-order valence-electron chi connectivity index (χ0n) is 12.2. The molecular weight excluding hydrogens is 314 g/mol. The summed E-state index contributed by atoms with van der Waals surface area (Å²) in [5, 5.41) is 3.60. The molecular formula is C17H24BrNO. The molecule has 0 aromatic heterocycles. The van der Waals surface area contributed by atoms with Gasteiger partial charge in [0.25, 0.3) is 0 Å². The van der Waals surface area contributed by atoms with Crippen LogP contribution in [0.2, 0.25) is 0 Å². The number of rotatable bonds is 2. The first-order valence-corrected chi connectivity index (χ1v) is 8.60. The average Bonchev–Trinajstić information content (AvgIpc) is 2.48. The van der Waals surface area contributed by atoms with Crippen LogP contribution in [-0.4, -0.2) is 25.8 Å². The van der Waals surface area contributed by atoms with E-state index in [-0.39, 0.29) is 0 Å². The van der Waals surface area contributed by atoms with E-state index < -0.39 is 0 Å². The smallest absolute Gasteiger partial charge is 0.0578 e. The van der Waals surface area contributed by atoms with Crippen LogP contribution in [0.4, 0.5) is 0 Å². The van der Waals surface area contributed by atoms with Crippen LogP contribution in [0.3, 0.4) is 0 Å². The van der Waals surface area contributed by atoms with E-state index in [2.05, 4.69) is 52.4 Å². The molecule has 2 fully saturated rings. The van der Waals surface area contributed by atoms with Crippen LogP contribution in [0, 0.1) is 5.41 Å². The third kappa shape index (κ3) is 2.81. The minimum absolute atomic E-state index is 0.435. The second-order valence-corrected chi connectivity index (χ2v) is 7.19. The Hall–Kier alpha value is -0.380. The molecule has 3 unspecified atom stereocenters. The number of ether oxygens (including phenoxy) is 1. The lowest BCUT2D eigenvalue weighted by atomic mass is 9.62. The van der Waals surface area contributed by atoms with Crippen molar-refractivity contribution in [3.8, 4) is 0 Å². The number of benzene rings is 1. The fourth-order valence-corrected chi connectivity index (χ4v) is 4.44. The van der Waals surface area contributed by atoms with E-state index in [1.54, 1.807) is 0 Å². The van der Waals surface area contributed by atoms with E-state index in [9.17, 15) is 0 Å². The first-order valence-electron chi connectivity index (χ1n) is 7.81. The molecule has 1 N–H and O–H groups in total. The zero-order valence-corrected chi connectivity index (χ0v) is 13.8. The number of hydrogen-bond donors (Lipinski definition) is 1. The normalized spacial score (nSPS) is 34.3. The van der Waals surface area contributed by atoms with Gasteiger partial charge in [-0.3, -0.25) is 0 Å². The maximum Gasteiger partial charge on any atom is 0.0578 e. The number of nitrogens with one attached hydrogen (secondary N) is 1. The van der Waals surface area contributed by atoms with Crippen molar-refractivity contribution in [1.82, 2.24) is 5.32 Å². The van der Waals surface area contributed by atoms with Crippen molar-refractivity contribution in [2.45, 2.75) is 44.6 Å². The summed E-state index contributed by atoms with van der Waals surface area (Å²) in [6, 6.07) is 8.88. The highest BCUT2D eigenvalue weighted by atomic mass is 79.9. The Balaban J connectivity index is 1.90. The summed E-state index contributed by atoms with van der Waals surface area (Å²) in [4.78, 5) is 0. The summed E-state index contributed by atoms with van der Waals surface area (Å²) in [5.74, 6) is 0.617. The lowest BCUT2D eigenvalue weighted by Crippen LogP contribution is -2.48. The second kappa shape index (κ2) is 6.17. The Kier molecular flexibility index (Phi) is 4.49. The summed E-state index contributed by atoms with van der Waals surface area (Å²) < 4.78 is 7.12. The molecule has 2 aliphatic rings. The van der Waals surface area contributed by atoms with Gasteiger partial charge in [-0.2, -0.15) is 0 Å². The van der Waals surface area contributed by atoms with E-state index in [4.69, 9.17) is 4.74 Å². The molecule has 0 bridgehead atoms. The van der Waals surface area contributed by atoms with Gasteiger partial charge in [0.1, 0.15) is 0 Å². The molecule has 0 saturated carbocycles. The lowest BCUT2D eigenvalue weighted by molar-refractivity contribution is -0.0690. The highest BCUT2D eigenvalue weighted by Crippen LogP contribution is 2.50. The molecule has 110 valence electrons. The van der Waals surface area contributed by atoms with E-state index in [1.165, 1.54) is 29.3 Å². The second-order valence-electron chi connectivity index (χ2n) is 6.28. The number of halogens is 1. The first kappa shape index (κ1) is 14.6. The zero-order chi connectivity index (χ0) is 14.0. The van der Waals surface area contributed by atoms with Gasteiger partial charge in [-0.15, -0.1) is 0 Å². The standard InChI is InChI=1S/C17H24BrNO/c1-2-15-11-17(7-9-20-15)6-8-19-12-16(17)13-4-3-5-14(18)10-13/h3-5,10,15-16,19H,2,6-9,11-12H2,1H3. The van der Waals surface area contributed by atoms with Crippen LogP contribution >= 0.6 is 15.9 Å². The summed E-state index contributed by atoms with van der Waals surface area (Å²) in [7, 11) is 0. The molecule has 0 aliphatic carbocycles. The van der Waals surface area contributed by atoms with Crippen molar-refractivity contribution in [3.05, 3.63) is 34.3 Å². The van der Waals surface area contributed by atoms with Gasteiger partial charge in [0.15, 0.2) is 0 Å². The Labute approximate surface area is 130 Å². The maximum absolute atomic E-state index is 5.93. The molecule has 2 aliphatic heterocycles. The van der Waals surface area contributed by atoms with Gasteiger partial charge in [-0.25, -0.2) is 0 Å². The number of hydrogen-bond acceptors (Lipinski definition) is 2. The molecule has 1 aromatic rings. The van der Waals surface area contributed by atoms with Gasteiger partial charge in [0.05, 0.1) is 6.10 Å². The first-order chi connectivity index (χ1) is 9.73. The molecule has 20 heavy (non-hydrogen) atoms. The molecule has 2 nitrogen and oxygen atoms in total. The topological polar surface area (TPSA) is 21.3 Å². The van der Waals surface area contributed by atoms with Crippen molar-refractivity contribution in [1.29, 1.82) is 0 Å². The van der Waals surface area contributed by atoms with Gasteiger partial charge in [0, 0.05) is 23.5 Å². The number of piperidine rings is 1. The molecule has 3 rings (SSSR count). The van der Waals surface area contributed by atoms with Crippen LogP contribution in [-0.2, 0) is 4.74 Å². The van der Waals surface area contributed by atoms with Gasteiger partial charge in [-0.1, -0.05) is 35.0 Å². The van der Waals surface area contributed by atoms with Crippen LogP contribution in [0.1, 0.15) is 44.1 Å². The Morgan fingerprint density at radius 1 is 1.40 bits per heavy atom. The lowest BCUT2D eigenvalue weighted by Gasteiger charge is -2.49. The molecule has 2 saturated heterocycles. The van der Waals surface area contributed by atoms with Crippen LogP contribution in [0.25, 0.3) is 0 Å². The van der Waals surface area contributed by atoms with Gasteiger partial charge in [0.2, 0.25) is 0 Å². The Morgan fingerprint density at radius 3 is 3.10 bits per heavy atom. The third-order valence-corrected chi connectivity index (χ3v) is 5.67. The summed E-state index contributed by atoms with van der Waals surface area (Å²) >= 11 is 3.62. The molecule has 2 heterocycles. The van der Waals surface area contributed by atoms with E-state index in [0.29, 0.717) is 17.4 Å². The molecule has 0 radical (unpaired) electrons. The predicted octanol–water partition coefficient (Wildman–Crippen LogP) is 4.10. The fraction of sp³-hybridized carbons (Fsp3) is 0.647. The highest BCUT2D eigenvalue weighted by molar-refractivity contribution is 9.10. The largest absolute Gasteiger partial charge is 0.378 e. The molecule has 1 spiro atoms. The van der Waals surface area contributed by atoms with Crippen molar-refractivity contribution >= 4 is 15.9 Å². The van der Waals surface area contributed by atoms with Gasteiger partial charge >= 0.3 is 0 Å². The highest BCUT2D eigenvalue weighted by Gasteiger charge is 2.44. The van der Waals surface area contributed by atoms with Crippen molar-refractivity contribution in [2.75, 3.05) is 19.7 Å². The van der Waals surface area contributed by atoms with Gasteiger partial charge < -0.3 is 10.1 Å². The van der Waals surface area contributed by atoms with Crippen LogP contribution in [0.5, 0.6) is 0 Å². The van der Waals surface area contributed by atoms with Gasteiger partial charge in [-0.05, 0) is 55.3 Å². The Morgan fingerprint density at radius 2 is 2.30 bits per heavy atom. The van der Waals surface area contributed by atoms with Crippen molar-refractivity contribution in [3.63, 3.8) is 0 Å². The molecule has 3 heteroatoms. The molecule has 3 atom stereocenters. The SMILES string of the molecule is CCC1CC2(CCNCC2c2cccc(Br)c2)CCO1. The van der Waals surface area contributed by atoms with E-state index in [1.807, 2.05) is 0 Å². The quantitative estimate of drug-likeness (QED) is 0.877. The molecule has 1 aromatic carbocycles. The minimum atomic E-state index is 0.435.